The number of amides is 1. The van der Waals surface area contributed by atoms with Gasteiger partial charge in [0.25, 0.3) is 5.91 Å². The SMILES string of the molecule is COC(=O)C[C@@H](NC(=O)c1ccc2n[nH]nc2c1)c1ccc(Cl)cc1. The number of ether oxygens (including phenoxy) is 1. The van der Waals surface area contributed by atoms with E-state index >= 15 is 0 Å². The molecule has 1 aromatic heterocycles. The van der Waals surface area contributed by atoms with E-state index in [0.717, 1.165) is 5.56 Å². The Balaban J connectivity index is 1.83. The molecule has 0 aliphatic carbocycles. The lowest BCUT2D eigenvalue weighted by atomic mass is 10.0. The van der Waals surface area contributed by atoms with Gasteiger partial charge in [0.2, 0.25) is 0 Å². The maximum Gasteiger partial charge on any atom is 0.307 e. The van der Waals surface area contributed by atoms with E-state index in [1.165, 1.54) is 7.11 Å². The second-order valence-electron chi connectivity index (χ2n) is 5.38. The summed E-state index contributed by atoms with van der Waals surface area (Å²) in [6, 6.07) is 11.4. The number of benzene rings is 2. The molecule has 7 nitrogen and oxygen atoms in total. The summed E-state index contributed by atoms with van der Waals surface area (Å²) < 4.78 is 4.72. The number of halogens is 1. The highest BCUT2D eigenvalue weighted by molar-refractivity contribution is 6.30. The van der Waals surface area contributed by atoms with Crippen LogP contribution in [0.3, 0.4) is 0 Å². The minimum absolute atomic E-state index is 0.01000. The van der Waals surface area contributed by atoms with E-state index < -0.39 is 12.0 Å². The number of rotatable bonds is 5. The van der Waals surface area contributed by atoms with Crippen molar-refractivity contribution in [3.05, 3.63) is 58.6 Å². The smallest absolute Gasteiger partial charge is 0.307 e. The summed E-state index contributed by atoms with van der Waals surface area (Å²) in [5.41, 5.74) is 2.43. The number of aromatic amines is 1. The summed E-state index contributed by atoms with van der Waals surface area (Å²) in [5.74, 6) is -0.749. The van der Waals surface area contributed by atoms with E-state index in [2.05, 4.69) is 20.7 Å². The van der Waals surface area contributed by atoms with Gasteiger partial charge in [-0.2, -0.15) is 15.4 Å². The minimum atomic E-state index is -0.537. The Hall–Kier alpha value is -2.93. The van der Waals surface area contributed by atoms with Crippen LogP contribution in [-0.2, 0) is 9.53 Å². The average molecular weight is 359 g/mol. The summed E-state index contributed by atoms with van der Waals surface area (Å²) in [7, 11) is 1.31. The number of carbonyl (C=O) groups is 2. The molecule has 0 bridgehead atoms. The van der Waals surface area contributed by atoms with Crippen LogP contribution in [0.15, 0.2) is 42.5 Å². The number of hydrogen-bond donors (Lipinski definition) is 2. The largest absolute Gasteiger partial charge is 0.469 e. The average Bonchev–Trinajstić information content (AvgIpc) is 3.09. The van der Waals surface area contributed by atoms with Crippen LogP contribution in [0, 0.1) is 0 Å². The van der Waals surface area contributed by atoms with Gasteiger partial charge in [-0.1, -0.05) is 23.7 Å². The fraction of sp³-hybridized carbons (Fsp3) is 0.176. The Morgan fingerprint density at radius 3 is 2.60 bits per heavy atom. The van der Waals surface area contributed by atoms with E-state index in [1.807, 2.05) is 0 Å². The zero-order valence-corrected chi connectivity index (χ0v) is 14.1. The van der Waals surface area contributed by atoms with Gasteiger partial charge in [0.05, 0.1) is 19.6 Å². The number of carbonyl (C=O) groups excluding carboxylic acids is 2. The molecule has 0 saturated carbocycles. The molecule has 1 amide bonds. The lowest BCUT2D eigenvalue weighted by Gasteiger charge is -2.18. The molecule has 0 spiro atoms. The Labute approximate surface area is 148 Å². The topological polar surface area (TPSA) is 97.0 Å². The van der Waals surface area contributed by atoms with Crippen molar-refractivity contribution in [3.8, 4) is 0 Å². The molecule has 0 radical (unpaired) electrons. The standard InChI is InChI=1S/C17H15ClN4O3/c1-25-16(23)9-14(10-2-5-12(18)6-3-10)19-17(24)11-4-7-13-15(8-11)21-22-20-13/h2-8,14H,9H2,1H3,(H,19,24)(H,20,21,22)/t14-/m1/s1. The van der Waals surface area contributed by atoms with E-state index in [4.69, 9.17) is 16.3 Å². The van der Waals surface area contributed by atoms with Crippen LogP contribution in [-0.4, -0.2) is 34.4 Å². The van der Waals surface area contributed by atoms with Crippen molar-refractivity contribution in [1.29, 1.82) is 0 Å². The number of nitrogens with zero attached hydrogens (tertiary/aromatic N) is 2. The quantitative estimate of drug-likeness (QED) is 0.683. The monoisotopic (exact) mass is 358 g/mol. The predicted molar refractivity (Wildman–Crippen MR) is 92.2 cm³/mol. The third-order valence-corrected chi connectivity index (χ3v) is 4.01. The molecule has 25 heavy (non-hydrogen) atoms. The van der Waals surface area contributed by atoms with E-state index in [9.17, 15) is 9.59 Å². The van der Waals surface area contributed by atoms with Crippen LogP contribution in [0.25, 0.3) is 11.0 Å². The fourth-order valence-electron chi connectivity index (χ4n) is 2.42. The van der Waals surface area contributed by atoms with E-state index in [-0.39, 0.29) is 12.3 Å². The van der Waals surface area contributed by atoms with Crippen molar-refractivity contribution in [2.75, 3.05) is 7.11 Å². The molecule has 1 atom stereocenters. The van der Waals surface area contributed by atoms with Crippen molar-refractivity contribution >= 4 is 34.5 Å². The number of aromatic nitrogens is 3. The Morgan fingerprint density at radius 1 is 1.16 bits per heavy atom. The van der Waals surface area contributed by atoms with Crippen molar-refractivity contribution in [1.82, 2.24) is 20.7 Å². The van der Waals surface area contributed by atoms with Crippen LogP contribution in [0.1, 0.15) is 28.4 Å². The molecule has 2 N–H and O–H groups in total. The number of nitrogens with one attached hydrogen (secondary N) is 2. The van der Waals surface area contributed by atoms with Gasteiger partial charge in [0.1, 0.15) is 11.0 Å². The van der Waals surface area contributed by atoms with Crippen molar-refractivity contribution in [2.24, 2.45) is 0 Å². The van der Waals surface area contributed by atoms with Gasteiger partial charge in [-0.3, -0.25) is 9.59 Å². The van der Waals surface area contributed by atoms with Crippen molar-refractivity contribution < 1.29 is 14.3 Å². The Kier molecular flexibility index (Phi) is 4.95. The third kappa shape index (κ3) is 3.95. The molecule has 0 aliphatic rings. The van der Waals surface area contributed by atoms with Gasteiger partial charge in [0, 0.05) is 10.6 Å². The van der Waals surface area contributed by atoms with Gasteiger partial charge < -0.3 is 10.1 Å². The summed E-state index contributed by atoms with van der Waals surface area (Å²) >= 11 is 5.90. The third-order valence-electron chi connectivity index (χ3n) is 3.75. The maximum atomic E-state index is 12.6. The first-order valence-corrected chi connectivity index (χ1v) is 7.88. The van der Waals surface area contributed by atoms with Crippen molar-refractivity contribution in [2.45, 2.75) is 12.5 Å². The Morgan fingerprint density at radius 2 is 1.88 bits per heavy atom. The molecular weight excluding hydrogens is 344 g/mol. The van der Waals surface area contributed by atoms with E-state index in [1.54, 1.807) is 42.5 Å². The van der Waals surface area contributed by atoms with Gasteiger partial charge in [-0.25, -0.2) is 0 Å². The zero-order valence-electron chi connectivity index (χ0n) is 13.3. The number of fused-ring (bicyclic) bond motifs is 1. The molecule has 0 aliphatic heterocycles. The summed E-state index contributed by atoms with van der Waals surface area (Å²) in [5, 5.41) is 13.8. The van der Waals surface area contributed by atoms with Crippen LogP contribution in [0.4, 0.5) is 0 Å². The summed E-state index contributed by atoms with van der Waals surface area (Å²) in [4.78, 5) is 24.3. The fourth-order valence-corrected chi connectivity index (χ4v) is 2.55. The number of methoxy groups -OCH3 is 1. The zero-order chi connectivity index (χ0) is 17.8. The van der Waals surface area contributed by atoms with Crippen molar-refractivity contribution in [3.63, 3.8) is 0 Å². The van der Waals surface area contributed by atoms with Gasteiger partial charge in [0.15, 0.2) is 0 Å². The second kappa shape index (κ2) is 7.31. The molecule has 0 saturated heterocycles. The predicted octanol–water partition coefficient (Wildman–Crippen LogP) is 2.65. The minimum Gasteiger partial charge on any atom is -0.469 e. The first kappa shape index (κ1) is 16.9. The molecule has 1 heterocycles. The highest BCUT2D eigenvalue weighted by Crippen LogP contribution is 2.21. The van der Waals surface area contributed by atoms with Gasteiger partial charge in [-0.15, -0.1) is 0 Å². The Bertz CT molecular complexity index is 908. The molecule has 2 aromatic carbocycles. The molecule has 3 rings (SSSR count). The molecule has 0 unspecified atom stereocenters. The number of H-pyrrole nitrogens is 1. The highest BCUT2D eigenvalue weighted by Gasteiger charge is 2.20. The number of hydrogen-bond acceptors (Lipinski definition) is 5. The lowest BCUT2D eigenvalue weighted by Crippen LogP contribution is -2.30. The van der Waals surface area contributed by atoms with Gasteiger partial charge >= 0.3 is 5.97 Å². The van der Waals surface area contributed by atoms with Crippen LogP contribution >= 0.6 is 11.6 Å². The molecule has 128 valence electrons. The normalized spacial score (nSPS) is 11.9. The van der Waals surface area contributed by atoms with Crippen LogP contribution in [0.5, 0.6) is 0 Å². The molecule has 8 heteroatoms. The van der Waals surface area contributed by atoms with Crippen LogP contribution in [0.2, 0.25) is 5.02 Å². The highest BCUT2D eigenvalue weighted by atomic mass is 35.5. The van der Waals surface area contributed by atoms with Gasteiger partial charge in [-0.05, 0) is 35.9 Å². The molecular formula is C17H15ClN4O3. The summed E-state index contributed by atoms with van der Waals surface area (Å²) in [6.07, 6.45) is 0.01000. The molecule has 3 aromatic rings. The lowest BCUT2D eigenvalue weighted by molar-refractivity contribution is -0.141. The van der Waals surface area contributed by atoms with Crippen LogP contribution < -0.4 is 5.32 Å². The number of esters is 1. The van der Waals surface area contributed by atoms with E-state index in [0.29, 0.717) is 21.6 Å². The first-order chi connectivity index (χ1) is 12.1. The molecule has 0 fully saturated rings. The summed E-state index contributed by atoms with van der Waals surface area (Å²) in [6.45, 7) is 0. The maximum absolute atomic E-state index is 12.6. The first-order valence-electron chi connectivity index (χ1n) is 7.50. The second-order valence-corrected chi connectivity index (χ2v) is 5.82.